The molecule has 4 heteroatoms. The van der Waals surface area contributed by atoms with Gasteiger partial charge in [0.15, 0.2) is 0 Å². The first kappa shape index (κ1) is 32.5. The van der Waals surface area contributed by atoms with Crippen molar-refractivity contribution in [2.24, 2.45) is 22.7 Å². The minimum atomic E-state index is -0.0959. The predicted octanol–water partition coefficient (Wildman–Crippen LogP) is 10.7. The van der Waals surface area contributed by atoms with Gasteiger partial charge >= 0.3 is 0 Å². The molecule has 0 bridgehead atoms. The van der Waals surface area contributed by atoms with Gasteiger partial charge in [-0.05, 0) is 117 Å². The van der Waals surface area contributed by atoms with Crippen molar-refractivity contribution in [3.8, 4) is 11.5 Å². The van der Waals surface area contributed by atoms with Crippen LogP contribution in [0.5, 0.6) is 11.5 Å². The summed E-state index contributed by atoms with van der Waals surface area (Å²) in [5, 5.41) is 0. The van der Waals surface area contributed by atoms with Crippen molar-refractivity contribution < 1.29 is 18.9 Å². The molecular weight excluding hydrogens is 568 g/mol. The monoisotopic (exact) mass is 628 g/mol. The van der Waals surface area contributed by atoms with Crippen molar-refractivity contribution in [2.45, 2.75) is 155 Å². The Kier molecular flexibility index (Phi) is 7.58. The first-order valence-electron chi connectivity index (χ1n) is 18.3. The molecule has 0 unspecified atom stereocenters. The fourth-order valence-corrected chi connectivity index (χ4v) is 12.0. The van der Waals surface area contributed by atoms with E-state index in [-0.39, 0.29) is 46.1 Å². The quantitative estimate of drug-likeness (QED) is 0.338. The van der Waals surface area contributed by atoms with Crippen LogP contribution in [-0.2, 0) is 20.3 Å². The molecule has 2 saturated carbocycles. The number of hydrogen-bond donors (Lipinski definition) is 0. The lowest BCUT2D eigenvalue weighted by Crippen LogP contribution is -2.64. The van der Waals surface area contributed by atoms with Gasteiger partial charge in [0.2, 0.25) is 0 Å². The van der Waals surface area contributed by atoms with Gasteiger partial charge in [-0.15, -0.1) is 0 Å². The van der Waals surface area contributed by atoms with Crippen molar-refractivity contribution in [2.75, 3.05) is 14.2 Å². The van der Waals surface area contributed by atoms with Crippen LogP contribution in [0.15, 0.2) is 24.3 Å². The summed E-state index contributed by atoms with van der Waals surface area (Å²) in [6, 6.07) is 9.70. The fraction of sp³-hybridized carbons (Fsp3) is 0.714. The minimum Gasteiger partial charge on any atom is -0.496 e. The Morgan fingerprint density at radius 2 is 0.957 bits per heavy atom. The molecule has 2 aromatic carbocycles. The zero-order chi connectivity index (χ0) is 33.1. The number of rotatable bonds is 4. The molecule has 1 heterocycles. The van der Waals surface area contributed by atoms with E-state index in [1.54, 1.807) is 0 Å². The topological polar surface area (TPSA) is 36.9 Å². The first-order chi connectivity index (χ1) is 21.6. The van der Waals surface area contributed by atoms with E-state index in [0.29, 0.717) is 23.7 Å². The maximum Gasteiger partial charge on any atom is 0.122 e. The molecule has 4 aliphatic carbocycles. The Balaban J connectivity index is 1.48. The minimum absolute atomic E-state index is 0.0175. The lowest BCUT2D eigenvalue weighted by atomic mass is 9.47. The van der Waals surface area contributed by atoms with Crippen LogP contribution in [0, 0.1) is 22.7 Å². The molecule has 0 spiro atoms. The third kappa shape index (κ3) is 4.44. The molecule has 1 aliphatic heterocycles. The Morgan fingerprint density at radius 3 is 1.28 bits per heavy atom. The largest absolute Gasteiger partial charge is 0.496 e. The molecule has 252 valence electrons. The van der Waals surface area contributed by atoms with Gasteiger partial charge in [-0.1, -0.05) is 82.1 Å². The summed E-state index contributed by atoms with van der Waals surface area (Å²) in [5.41, 5.74) is 8.31. The SMILES string of the molecule is COc1cc2c(cc1C(C)C)[C@H]1O[C@H]3[C@H](O[C@@H]1[C@H]1C(C)(C)CCC[C@]21C)c1cc(C(C)C)c(OC)cc1[C@@]1(C)CCCC(C)(C)[C@H]31. The van der Waals surface area contributed by atoms with Crippen molar-refractivity contribution >= 4 is 0 Å². The van der Waals surface area contributed by atoms with Crippen molar-refractivity contribution in [3.63, 3.8) is 0 Å². The van der Waals surface area contributed by atoms with Crippen molar-refractivity contribution in [1.29, 1.82) is 0 Å². The van der Waals surface area contributed by atoms with Crippen LogP contribution < -0.4 is 9.47 Å². The summed E-state index contributed by atoms with van der Waals surface area (Å²) in [4.78, 5) is 0. The summed E-state index contributed by atoms with van der Waals surface area (Å²) in [6.07, 6.45) is 6.98. The van der Waals surface area contributed by atoms with Crippen LogP contribution in [0.2, 0.25) is 0 Å². The smallest absolute Gasteiger partial charge is 0.122 e. The molecule has 7 rings (SSSR count). The second-order valence-electron chi connectivity index (χ2n) is 18.2. The lowest BCUT2D eigenvalue weighted by molar-refractivity contribution is -0.296. The number of benzene rings is 2. The van der Waals surface area contributed by atoms with E-state index in [0.717, 1.165) is 24.3 Å². The second-order valence-corrected chi connectivity index (χ2v) is 18.2. The number of hydrogen-bond acceptors (Lipinski definition) is 4. The number of methoxy groups -OCH3 is 2. The van der Waals surface area contributed by atoms with E-state index in [4.69, 9.17) is 18.9 Å². The van der Waals surface area contributed by atoms with E-state index in [1.165, 1.54) is 59.1 Å². The molecule has 1 saturated heterocycles. The summed E-state index contributed by atoms with van der Waals surface area (Å²) in [6.45, 7) is 24.1. The van der Waals surface area contributed by atoms with Gasteiger partial charge in [0.1, 0.15) is 23.7 Å². The van der Waals surface area contributed by atoms with Crippen LogP contribution in [0.1, 0.15) is 165 Å². The molecule has 8 atom stereocenters. The standard InChI is InChI=1S/C42H60O4/c1-23(2)25-19-27-29(21-31(25)43-11)41(9)17-13-15-39(5,6)37(41)35-33(27)45-36-34(46-35)28-20-26(24(3)4)32(44-12)22-30(28)42(10)18-14-16-40(7,8)38(36)42/h19-24,33-38H,13-18H2,1-12H3/t33-,34-,35+,36+,37+,38+,41-,42-/m1/s1. The number of fused-ring (bicyclic) bond motifs is 12. The highest BCUT2D eigenvalue weighted by atomic mass is 16.6. The zero-order valence-electron chi connectivity index (χ0n) is 30.8. The highest BCUT2D eigenvalue weighted by Gasteiger charge is 2.65. The summed E-state index contributed by atoms with van der Waals surface area (Å²) >= 11 is 0. The second kappa shape index (κ2) is 10.7. The predicted molar refractivity (Wildman–Crippen MR) is 186 cm³/mol. The Morgan fingerprint density at radius 1 is 0.587 bits per heavy atom. The Labute approximate surface area is 279 Å². The average molecular weight is 629 g/mol. The molecule has 4 nitrogen and oxygen atoms in total. The summed E-state index contributed by atoms with van der Waals surface area (Å²) in [5.74, 6) is 3.42. The maximum absolute atomic E-state index is 7.80. The van der Waals surface area contributed by atoms with E-state index in [9.17, 15) is 0 Å². The fourth-order valence-electron chi connectivity index (χ4n) is 12.0. The van der Waals surface area contributed by atoms with Gasteiger partial charge in [0, 0.05) is 11.8 Å². The maximum atomic E-state index is 7.80. The van der Waals surface area contributed by atoms with Crippen LogP contribution in [-0.4, -0.2) is 26.4 Å². The van der Waals surface area contributed by atoms with Gasteiger partial charge in [0.05, 0.1) is 26.4 Å². The molecule has 0 amide bonds. The summed E-state index contributed by atoms with van der Waals surface area (Å²) < 4.78 is 27.8. The van der Waals surface area contributed by atoms with E-state index >= 15 is 0 Å². The Hall–Kier alpha value is -2.04. The molecule has 2 aromatic rings. The lowest BCUT2D eigenvalue weighted by Gasteiger charge is -2.65. The van der Waals surface area contributed by atoms with Gasteiger partial charge in [-0.25, -0.2) is 0 Å². The van der Waals surface area contributed by atoms with Gasteiger partial charge in [-0.2, -0.15) is 0 Å². The number of ether oxygens (including phenoxy) is 4. The molecular formula is C42H60O4. The molecule has 0 N–H and O–H groups in total. The van der Waals surface area contributed by atoms with E-state index in [1.807, 2.05) is 14.2 Å². The van der Waals surface area contributed by atoms with Gasteiger partial charge in [0.25, 0.3) is 0 Å². The molecule has 3 fully saturated rings. The normalized spacial score (nSPS) is 36.9. The first-order valence-corrected chi connectivity index (χ1v) is 18.3. The summed E-state index contributed by atoms with van der Waals surface area (Å²) in [7, 11) is 3.67. The van der Waals surface area contributed by atoms with Crippen LogP contribution in [0.3, 0.4) is 0 Å². The highest BCUT2D eigenvalue weighted by molar-refractivity contribution is 5.54. The molecule has 0 aromatic heterocycles. The van der Waals surface area contributed by atoms with Gasteiger partial charge < -0.3 is 18.9 Å². The molecule has 46 heavy (non-hydrogen) atoms. The molecule has 5 aliphatic rings. The zero-order valence-corrected chi connectivity index (χ0v) is 30.8. The highest BCUT2D eigenvalue weighted by Crippen LogP contribution is 2.68. The van der Waals surface area contributed by atoms with Crippen LogP contribution in [0.25, 0.3) is 0 Å². The third-order valence-corrected chi connectivity index (χ3v) is 13.8. The van der Waals surface area contributed by atoms with Crippen molar-refractivity contribution in [3.05, 3.63) is 57.6 Å². The van der Waals surface area contributed by atoms with Crippen molar-refractivity contribution in [1.82, 2.24) is 0 Å². The van der Waals surface area contributed by atoms with Crippen LogP contribution in [0.4, 0.5) is 0 Å². The molecule has 0 radical (unpaired) electrons. The Bertz CT molecular complexity index is 1400. The van der Waals surface area contributed by atoms with Gasteiger partial charge in [-0.3, -0.25) is 0 Å². The van der Waals surface area contributed by atoms with E-state index in [2.05, 4.69) is 93.5 Å². The third-order valence-electron chi connectivity index (χ3n) is 13.8. The van der Waals surface area contributed by atoms with E-state index < -0.39 is 0 Å². The van der Waals surface area contributed by atoms with Crippen LogP contribution >= 0.6 is 0 Å². The average Bonchev–Trinajstić information content (AvgIpc) is 2.98.